The molecule has 3 rings (SSSR count). The summed E-state index contributed by atoms with van der Waals surface area (Å²) in [5, 5.41) is 10.6. The van der Waals surface area contributed by atoms with Crippen LogP contribution >= 0.6 is 0 Å². The summed E-state index contributed by atoms with van der Waals surface area (Å²) >= 11 is 0. The topological polar surface area (TPSA) is 94.5 Å². The van der Waals surface area contributed by atoms with E-state index in [0.29, 0.717) is 26.1 Å². The van der Waals surface area contributed by atoms with Gasteiger partial charge in [-0.05, 0) is 50.8 Å². The van der Waals surface area contributed by atoms with Crippen molar-refractivity contribution in [1.29, 1.82) is 0 Å². The molecule has 8 heteroatoms. The average molecular weight is 364 g/mol. The van der Waals surface area contributed by atoms with Gasteiger partial charge in [-0.15, -0.1) is 0 Å². The number of nitrogens with zero attached hydrogens (tertiary/aromatic N) is 2. The Labute approximate surface area is 153 Å². The van der Waals surface area contributed by atoms with Crippen LogP contribution in [-0.4, -0.2) is 61.6 Å². The number of nitrogens with one attached hydrogen (secondary N) is 2. The first-order valence-corrected chi connectivity index (χ1v) is 9.32. The monoisotopic (exact) mass is 364 g/mol. The van der Waals surface area contributed by atoms with Gasteiger partial charge in [-0.1, -0.05) is 0 Å². The van der Waals surface area contributed by atoms with Crippen LogP contribution in [-0.2, 0) is 24.6 Å². The van der Waals surface area contributed by atoms with Crippen LogP contribution in [0.15, 0.2) is 18.5 Å². The van der Waals surface area contributed by atoms with Gasteiger partial charge in [-0.2, -0.15) is 5.10 Å². The third-order valence-electron chi connectivity index (χ3n) is 5.62. The number of aromatic nitrogens is 2. The van der Waals surface area contributed by atoms with Crippen molar-refractivity contribution in [2.45, 2.75) is 31.2 Å². The van der Waals surface area contributed by atoms with Crippen LogP contribution in [0.3, 0.4) is 0 Å². The van der Waals surface area contributed by atoms with Gasteiger partial charge in [-0.3, -0.25) is 14.3 Å². The number of carbonyl (C=O) groups is 2. The molecule has 26 heavy (non-hydrogen) atoms. The van der Waals surface area contributed by atoms with E-state index >= 15 is 0 Å². The third kappa shape index (κ3) is 3.91. The highest BCUT2D eigenvalue weighted by Gasteiger charge is 2.42. The molecule has 2 N–H and O–H groups in total. The molecule has 0 aliphatic carbocycles. The summed E-state index contributed by atoms with van der Waals surface area (Å²) in [5.74, 6) is -0.520. The van der Waals surface area contributed by atoms with Crippen molar-refractivity contribution in [1.82, 2.24) is 20.4 Å². The number of amides is 1. The Morgan fingerprint density at radius 3 is 2.73 bits per heavy atom. The van der Waals surface area contributed by atoms with Gasteiger partial charge in [0, 0.05) is 32.2 Å². The van der Waals surface area contributed by atoms with Gasteiger partial charge in [0.2, 0.25) is 5.91 Å². The van der Waals surface area contributed by atoms with Crippen molar-refractivity contribution in [2.24, 2.45) is 11.8 Å². The Hall–Kier alpha value is -1.93. The summed E-state index contributed by atoms with van der Waals surface area (Å²) < 4.78 is 12.1. The predicted molar refractivity (Wildman–Crippen MR) is 94.4 cm³/mol. The molecule has 2 fully saturated rings. The fourth-order valence-electron chi connectivity index (χ4n) is 4.00. The van der Waals surface area contributed by atoms with E-state index in [-0.39, 0.29) is 30.3 Å². The zero-order valence-corrected chi connectivity index (χ0v) is 15.3. The molecule has 1 aromatic heterocycles. The van der Waals surface area contributed by atoms with E-state index in [1.54, 1.807) is 10.9 Å². The minimum atomic E-state index is -0.703. The molecule has 0 spiro atoms. The van der Waals surface area contributed by atoms with Crippen LogP contribution < -0.4 is 10.6 Å². The number of piperidine rings is 1. The summed E-state index contributed by atoms with van der Waals surface area (Å²) in [6, 6.07) is 1.83. The maximum absolute atomic E-state index is 13.1. The maximum atomic E-state index is 13.1. The molecule has 1 unspecified atom stereocenters. The SMILES string of the molecule is COC(=O)C(CNC(=O)C1(n2cccn2)CCNCC1)C1CCOCC1. The van der Waals surface area contributed by atoms with Gasteiger partial charge < -0.3 is 20.1 Å². The lowest BCUT2D eigenvalue weighted by Gasteiger charge is -2.37. The molecule has 0 saturated carbocycles. The van der Waals surface area contributed by atoms with Crippen molar-refractivity contribution >= 4 is 11.9 Å². The van der Waals surface area contributed by atoms with Gasteiger partial charge in [0.1, 0.15) is 5.54 Å². The van der Waals surface area contributed by atoms with E-state index in [1.165, 1.54) is 7.11 Å². The van der Waals surface area contributed by atoms with Crippen LogP contribution in [0.1, 0.15) is 25.7 Å². The number of ether oxygens (including phenoxy) is 2. The van der Waals surface area contributed by atoms with Crippen molar-refractivity contribution in [3.05, 3.63) is 18.5 Å². The van der Waals surface area contributed by atoms with Gasteiger partial charge in [0.15, 0.2) is 0 Å². The molecule has 3 heterocycles. The van der Waals surface area contributed by atoms with Crippen LogP contribution in [0.5, 0.6) is 0 Å². The molecule has 1 aromatic rings. The van der Waals surface area contributed by atoms with Gasteiger partial charge in [0.25, 0.3) is 0 Å². The van der Waals surface area contributed by atoms with Gasteiger partial charge >= 0.3 is 5.97 Å². The third-order valence-corrected chi connectivity index (χ3v) is 5.62. The highest BCUT2D eigenvalue weighted by molar-refractivity contribution is 5.85. The van der Waals surface area contributed by atoms with Gasteiger partial charge in [-0.25, -0.2) is 0 Å². The molecular weight excluding hydrogens is 336 g/mol. The summed E-state index contributed by atoms with van der Waals surface area (Å²) in [4.78, 5) is 25.4. The van der Waals surface area contributed by atoms with E-state index in [4.69, 9.17) is 9.47 Å². The van der Waals surface area contributed by atoms with E-state index in [2.05, 4.69) is 15.7 Å². The first-order chi connectivity index (χ1) is 12.7. The van der Waals surface area contributed by atoms with Crippen molar-refractivity contribution in [3.63, 3.8) is 0 Å². The summed E-state index contributed by atoms with van der Waals surface area (Å²) in [6.45, 7) is 3.10. The first kappa shape index (κ1) is 18.8. The van der Waals surface area contributed by atoms with Crippen LogP contribution in [0, 0.1) is 11.8 Å². The number of methoxy groups -OCH3 is 1. The Kier molecular flexibility index (Phi) is 6.26. The smallest absolute Gasteiger partial charge is 0.310 e. The quantitative estimate of drug-likeness (QED) is 0.705. The van der Waals surface area contributed by atoms with E-state index in [9.17, 15) is 9.59 Å². The minimum absolute atomic E-state index is 0.0799. The lowest BCUT2D eigenvalue weighted by molar-refractivity contribution is -0.149. The molecule has 8 nitrogen and oxygen atoms in total. The number of carbonyl (C=O) groups excluding carboxylic acids is 2. The van der Waals surface area contributed by atoms with Crippen LogP contribution in [0.25, 0.3) is 0 Å². The molecule has 1 amide bonds. The molecule has 2 saturated heterocycles. The molecular formula is C18H28N4O4. The molecule has 0 bridgehead atoms. The van der Waals surface area contributed by atoms with Crippen molar-refractivity contribution in [3.8, 4) is 0 Å². The average Bonchev–Trinajstić information content (AvgIpc) is 3.24. The Morgan fingerprint density at radius 2 is 2.12 bits per heavy atom. The summed E-state index contributed by atoms with van der Waals surface area (Å²) in [6.07, 6.45) is 6.48. The predicted octanol–water partition coefficient (Wildman–Crippen LogP) is 0.294. The molecule has 0 aromatic carbocycles. The zero-order valence-electron chi connectivity index (χ0n) is 15.3. The second-order valence-electron chi connectivity index (χ2n) is 7.02. The molecule has 144 valence electrons. The van der Waals surface area contributed by atoms with E-state index in [1.807, 2.05) is 12.3 Å². The zero-order chi connectivity index (χ0) is 18.4. The van der Waals surface area contributed by atoms with E-state index < -0.39 is 5.54 Å². The van der Waals surface area contributed by atoms with Gasteiger partial charge in [0.05, 0.1) is 13.0 Å². The second kappa shape index (κ2) is 8.64. The molecule has 2 aliphatic rings. The number of hydrogen-bond acceptors (Lipinski definition) is 6. The van der Waals surface area contributed by atoms with Crippen LogP contribution in [0.2, 0.25) is 0 Å². The van der Waals surface area contributed by atoms with Crippen molar-refractivity contribution < 1.29 is 19.1 Å². The second-order valence-corrected chi connectivity index (χ2v) is 7.02. The highest BCUT2D eigenvalue weighted by Crippen LogP contribution is 2.28. The number of esters is 1. The largest absolute Gasteiger partial charge is 0.469 e. The normalized spacial score (nSPS) is 21.7. The fourth-order valence-corrected chi connectivity index (χ4v) is 4.00. The standard InChI is InChI=1S/C18H28N4O4/c1-25-16(23)15(14-3-11-26-12-4-14)13-20-17(24)18(5-8-19-9-6-18)22-10-2-7-21-22/h2,7,10,14-15,19H,3-6,8-9,11-13H2,1H3,(H,20,24). The highest BCUT2D eigenvalue weighted by atomic mass is 16.5. The molecule has 2 aliphatic heterocycles. The lowest BCUT2D eigenvalue weighted by Crippen LogP contribution is -2.55. The number of rotatable bonds is 6. The van der Waals surface area contributed by atoms with Crippen LogP contribution in [0.4, 0.5) is 0 Å². The Balaban J connectivity index is 1.70. The first-order valence-electron chi connectivity index (χ1n) is 9.32. The maximum Gasteiger partial charge on any atom is 0.310 e. The molecule has 1 atom stereocenters. The number of hydrogen-bond donors (Lipinski definition) is 2. The minimum Gasteiger partial charge on any atom is -0.469 e. The summed E-state index contributed by atoms with van der Waals surface area (Å²) in [7, 11) is 1.40. The molecule has 0 radical (unpaired) electrons. The lowest BCUT2D eigenvalue weighted by atomic mass is 9.84. The van der Waals surface area contributed by atoms with E-state index in [0.717, 1.165) is 25.9 Å². The Bertz CT molecular complexity index is 592. The van der Waals surface area contributed by atoms with Crippen molar-refractivity contribution in [2.75, 3.05) is 40.0 Å². The summed E-state index contributed by atoms with van der Waals surface area (Å²) in [5.41, 5.74) is -0.703. The fraction of sp³-hybridized carbons (Fsp3) is 0.722. The Morgan fingerprint density at radius 1 is 1.38 bits per heavy atom.